The maximum atomic E-state index is 11.9. The maximum Gasteiger partial charge on any atom is 0.228 e. The molecule has 0 aromatic heterocycles. The van der Waals surface area contributed by atoms with Crippen LogP contribution in [0.3, 0.4) is 0 Å². The molecule has 0 radical (unpaired) electrons. The van der Waals surface area contributed by atoms with Crippen LogP contribution in [0.15, 0.2) is 48.5 Å². The number of hydrogen-bond acceptors (Lipinski definition) is 2. The molecule has 0 saturated carbocycles. The number of para-hydroxylation sites is 2. The van der Waals surface area contributed by atoms with E-state index in [1.165, 1.54) is 0 Å². The molecule has 0 bridgehead atoms. The van der Waals surface area contributed by atoms with E-state index in [1.807, 2.05) is 18.2 Å². The van der Waals surface area contributed by atoms with Gasteiger partial charge in [0.1, 0.15) is 5.75 Å². The molecule has 0 atom stereocenters. The largest absolute Gasteiger partial charge is 0.508 e. The number of rotatable bonds is 4. The van der Waals surface area contributed by atoms with E-state index in [2.05, 4.69) is 5.32 Å². The standard InChI is InChI=1S/C15H14ClNO2/c16-10-12-6-1-3-7-13(12)17-15(19)9-11-5-2-4-8-14(11)18/h1-8,18H,9-10H2,(H,17,19). The number of carbonyl (C=O) groups excluding carboxylic acids is 1. The van der Waals surface area contributed by atoms with Crippen LogP contribution in [0.5, 0.6) is 5.75 Å². The number of anilines is 1. The first-order chi connectivity index (χ1) is 9.20. The summed E-state index contributed by atoms with van der Waals surface area (Å²) in [7, 11) is 0. The number of carbonyl (C=O) groups is 1. The molecule has 2 N–H and O–H groups in total. The van der Waals surface area contributed by atoms with Gasteiger partial charge in [0.15, 0.2) is 0 Å². The second kappa shape index (κ2) is 6.25. The van der Waals surface area contributed by atoms with Crippen molar-refractivity contribution in [1.29, 1.82) is 0 Å². The van der Waals surface area contributed by atoms with Crippen molar-refractivity contribution >= 4 is 23.2 Å². The van der Waals surface area contributed by atoms with Gasteiger partial charge in [-0.15, -0.1) is 11.6 Å². The number of alkyl halides is 1. The fraction of sp³-hybridized carbons (Fsp3) is 0.133. The van der Waals surface area contributed by atoms with Crippen molar-refractivity contribution < 1.29 is 9.90 Å². The SMILES string of the molecule is O=C(Cc1ccccc1O)Nc1ccccc1CCl. The molecule has 0 saturated heterocycles. The molecule has 2 rings (SSSR count). The van der Waals surface area contributed by atoms with E-state index in [4.69, 9.17) is 11.6 Å². The summed E-state index contributed by atoms with van der Waals surface area (Å²) in [5, 5.41) is 12.4. The summed E-state index contributed by atoms with van der Waals surface area (Å²) in [6, 6.07) is 14.2. The number of amides is 1. The molecule has 2 aromatic rings. The average Bonchev–Trinajstić information content (AvgIpc) is 2.42. The third-order valence-corrected chi connectivity index (χ3v) is 3.07. The van der Waals surface area contributed by atoms with Gasteiger partial charge in [0.25, 0.3) is 0 Å². The van der Waals surface area contributed by atoms with Crippen LogP contribution in [-0.4, -0.2) is 11.0 Å². The first-order valence-electron chi connectivity index (χ1n) is 5.91. The topological polar surface area (TPSA) is 49.3 Å². The number of hydrogen-bond donors (Lipinski definition) is 2. The Morgan fingerprint density at radius 3 is 2.37 bits per heavy atom. The van der Waals surface area contributed by atoms with Gasteiger partial charge in [-0.05, 0) is 17.7 Å². The monoisotopic (exact) mass is 275 g/mol. The molecule has 4 heteroatoms. The number of phenols is 1. The van der Waals surface area contributed by atoms with E-state index in [1.54, 1.807) is 30.3 Å². The Balaban J connectivity index is 2.08. The number of phenolic OH excluding ortho intramolecular Hbond substituents is 1. The van der Waals surface area contributed by atoms with Crippen LogP contribution in [0.25, 0.3) is 0 Å². The summed E-state index contributed by atoms with van der Waals surface area (Å²) >= 11 is 5.81. The van der Waals surface area contributed by atoms with Gasteiger partial charge < -0.3 is 10.4 Å². The maximum absolute atomic E-state index is 11.9. The van der Waals surface area contributed by atoms with Gasteiger partial charge in [0.05, 0.1) is 6.42 Å². The molecular weight excluding hydrogens is 262 g/mol. The normalized spacial score (nSPS) is 10.2. The summed E-state index contributed by atoms with van der Waals surface area (Å²) in [6.07, 6.45) is 0.128. The van der Waals surface area contributed by atoms with E-state index in [-0.39, 0.29) is 18.1 Å². The molecule has 0 unspecified atom stereocenters. The van der Waals surface area contributed by atoms with Crippen molar-refractivity contribution in [2.75, 3.05) is 5.32 Å². The lowest BCUT2D eigenvalue weighted by Crippen LogP contribution is -2.15. The smallest absolute Gasteiger partial charge is 0.228 e. The summed E-state index contributed by atoms with van der Waals surface area (Å²) in [6.45, 7) is 0. The summed E-state index contributed by atoms with van der Waals surface area (Å²) in [5.74, 6) is 0.287. The van der Waals surface area contributed by atoms with Gasteiger partial charge in [-0.1, -0.05) is 36.4 Å². The fourth-order valence-electron chi connectivity index (χ4n) is 1.79. The number of nitrogens with one attached hydrogen (secondary N) is 1. The lowest BCUT2D eigenvalue weighted by molar-refractivity contribution is -0.115. The highest BCUT2D eigenvalue weighted by molar-refractivity contribution is 6.17. The van der Waals surface area contributed by atoms with Gasteiger partial charge in [-0.3, -0.25) is 4.79 Å². The highest BCUT2D eigenvalue weighted by Crippen LogP contribution is 2.19. The van der Waals surface area contributed by atoms with Crippen LogP contribution in [0.1, 0.15) is 11.1 Å². The van der Waals surface area contributed by atoms with Crippen molar-refractivity contribution in [3.05, 3.63) is 59.7 Å². The molecule has 19 heavy (non-hydrogen) atoms. The van der Waals surface area contributed by atoms with E-state index in [0.29, 0.717) is 17.1 Å². The Bertz CT molecular complexity index is 584. The van der Waals surface area contributed by atoms with Crippen LogP contribution in [-0.2, 0) is 17.1 Å². The van der Waals surface area contributed by atoms with E-state index < -0.39 is 0 Å². The lowest BCUT2D eigenvalue weighted by Gasteiger charge is -2.09. The molecule has 1 amide bonds. The Morgan fingerprint density at radius 1 is 1.05 bits per heavy atom. The van der Waals surface area contributed by atoms with Gasteiger partial charge in [-0.2, -0.15) is 0 Å². The highest BCUT2D eigenvalue weighted by atomic mass is 35.5. The van der Waals surface area contributed by atoms with Crippen molar-refractivity contribution in [1.82, 2.24) is 0 Å². The van der Waals surface area contributed by atoms with Crippen LogP contribution < -0.4 is 5.32 Å². The molecular formula is C15H14ClNO2. The zero-order valence-corrected chi connectivity index (χ0v) is 11.0. The third-order valence-electron chi connectivity index (χ3n) is 2.78. The van der Waals surface area contributed by atoms with Crippen LogP contribution in [0.2, 0.25) is 0 Å². The first-order valence-corrected chi connectivity index (χ1v) is 6.44. The predicted octanol–water partition coefficient (Wildman–Crippen LogP) is 3.31. The second-order valence-corrected chi connectivity index (χ2v) is 4.41. The quantitative estimate of drug-likeness (QED) is 0.841. The molecule has 98 valence electrons. The predicted molar refractivity (Wildman–Crippen MR) is 76.4 cm³/mol. The Kier molecular flexibility index (Phi) is 4.42. The van der Waals surface area contributed by atoms with Crippen molar-refractivity contribution in [3.63, 3.8) is 0 Å². The summed E-state index contributed by atoms with van der Waals surface area (Å²) < 4.78 is 0. The number of aromatic hydroxyl groups is 1. The first kappa shape index (κ1) is 13.4. The van der Waals surface area contributed by atoms with Crippen molar-refractivity contribution in [2.24, 2.45) is 0 Å². The van der Waals surface area contributed by atoms with Crippen LogP contribution in [0.4, 0.5) is 5.69 Å². The molecule has 0 aliphatic carbocycles. The van der Waals surface area contributed by atoms with Crippen LogP contribution >= 0.6 is 11.6 Å². The Morgan fingerprint density at radius 2 is 1.68 bits per heavy atom. The lowest BCUT2D eigenvalue weighted by atomic mass is 10.1. The summed E-state index contributed by atoms with van der Waals surface area (Å²) in [4.78, 5) is 11.9. The van der Waals surface area contributed by atoms with E-state index in [0.717, 1.165) is 5.56 Å². The van der Waals surface area contributed by atoms with E-state index in [9.17, 15) is 9.90 Å². The Hall–Kier alpha value is -2.00. The molecule has 2 aromatic carbocycles. The van der Waals surface area contributed by atoms with E-state index >= 15 is 0 Å². The van der Waals surface area contributed by atoms with Crippen molar-refractivity contribution in [3.8, 4) is 5.75 Å². The fourth-order valence-corrected chi connectivity index (χ4v) is 2.02. The average molecular weight is 276 g/mol. The van der Waals surface area contributed by atoms with Gasteiger partial charge >= 0.3 is 0 Å². The number of halogens is 1. The minimum atomic E-state index is -0.181. The molecule has 0 spiro atoms. The second-order valence-electron chi connectivity index (χ2n) is 4.14. The third kappa shape index (κ3) is 3.48. The van der Waals surface area contributed by atoms with Gasteiger partial charge in [-0.25, -0.2) is 0 Å². The molecule has 0 heterocycles. The zero-order chi connectivity index (χ0) is 13.7. The highest BCUT2D eigenvalue weighted by Gasteiger charge is 2.09. The van der Waals surface area contributed by atoms with Crippen molar-refractivity contribution in [2.45, 2.75) is 12.3 Å². The minimum Gasteiger partial charge on any atom is -0.508 e. The molecule has 0 aliphatic heterocycles. The number of benzene rings is 2. The van der Waals surface area contributed by atoms with Gasteiger partial charge in [0.2, 0.25) is 5.91 Å². The molecule has 3 nitrogen and oxygen atoms in total. The molecule has 0 fully saturated rings. The Labute approximate surface area is 116 Å². The minimum absolute atomic E-state index is 0.128. The molecule has 0 aliphatic rings. The zero-order valence-electron chi connectivity index (χ0n) is 10.3. The summed E-state index contributed by atoms with van der Waals surface area (Å²) in [5.41, 5.74) is 2.18. The van der Waals surface area contributed by atoms with Crippen LogP contribution in [0, 0.1) is 0 Å². The van der Waals surface area contributed by atoms with Gasteiger partial charge in [0, 0.05) is 17.1 Å².